The molecule has 168 valence electrons. The summed E-state index contributed by atoms with van der Waals surface area (Å²) in [6.07, 6.45) is 4.10. The van der Waals surface area contributed by atoms with E-state index in [4.69, 9.17) is 17.2 Å². The van der Waals surface area contributed by atoms with E-state index >= 15 is 0 Å². The molecule has 0 aromatic carbocycles. The molecular weight excluding hydrogens is 392 g/mol. The number of aromatic nitrogens is 2. The number of carbonyl (C=O) groups is 3. The van der Waals surface area contributed by atoms with Crippen molar-refractivity contribution in [3.8, 4) is 0 Å². The topological polar surface area (TPSA) is 215 Å². The Morgan fingerprint density at radius 1 is 1.20 bits per heavy atom. The van der Waals surface area contributed by atoms with E-state index in [1.54, 1.807) is 6.20 Å². The van der Waals surface area contributed by atoms with Crippen LogP contribution in [0.4, 0.5) is 0 Å². The highest BCUT2D eigenvalue weighted by Gasteiger charge is 2.28. The molecule has 2 amide bonds. The van der Waals surface area contributed by atoms with Crippen molar-refractivity contribution in [2.45, 2.75) is 57.7 Å². The van der Waals surface area contributed by atoms with Crippen LogP contribution >= 0.6 is 0 Å². The van der Waals surface area contributed by atoms with E-state index in [1.165, 1.54) is 6.33 Å². The molecular formula is C18H32N8O4. The third-order valence-electron chi connectivity index (χ3n) is 4.23. The predicted molar refractivity (Wildman–Crippen MR) is 111 cm³/mol. The minimum Gasteiger partial charge on any atom is -0.480 e. The Morgan fingerprint density at radius 3 is 2.40 bits per heavy atom. The van der Waals surface area contributed by atoms with E-state index in [0.29, 0.717) is 12.1 Å². The molecule has 1 aromatic rings. The van der Waals surface area contributed by atoms with Gasteiger partial charge < -0.3 is 37.9 Å². The molecule has 10 N–H and O–H groups in total. The first-order valence-electron chi connectivity index (χ1n) is 9.71. The molecule has 0 bridgehead atoms. The van der Waals surface area contributed by atoms with Crippen molar-refractivity contribution >= 4 is 23.7 Å². The summed E-state index contributed by atoms with van der Waals surface area (Å²) in [6.45, 7) is 3.96. The number of carboxylic acids is 1. The normalized spacial score (nSPS) is 13.9. The second kappa shape index (κ2) is 12.4. The Labute approximate surface area is 175 Å². The highest BCUT2D eigenvalue weighted by molar-refractivity contribution is 5.91. The van der Waals surface area contributed by atoms with E-state index in [-0.39, 0.29) is 37.7 Å². The predicted octanol–water partition coefficient (Wildman–Crippen LogP) is -1.57. The van der Waals surface area contributed by atoms with Crippen LogP contribution in [0.3, 0.4) is 0 Å². The summed E-state index contributed by atoms with van der Waals surface area (Å²) in [5.74, 6) is -2.30. The third-order valence-corrected chi connectivity index (χ3v) is 4.23. The van der Waals surface area contributed by atoms with Crippen LogP contribution in [-0.4, -0.2) is 63.5 Å². The molecule has 3 unspecified atom stereocenters. The van der Waals surface area contributed by atoms with Crippen LogP contribution in [0.15, 0.2) is 17.5 Å². The lowest BCUT2D eigenvalue weighted by Gasteiger charge is -2.23. The molecule has 1 heterocycles. The fourth-order valence-corrected chi connectivity index (χ4v) is 2.74. The molecule has 0 fully saturated rings. The molecule has 1 aromatic heterocycles. The fraction of sp³-hybridized carbons (Fsp3) is 0.611. The van der Waals surface area contributed by atoms with Crippen molar-refractivity contribution in [3.05, 3.63) is 18.2 Å². The summed E-state index contributed by atoms with van der Waals surface area (Å²) in [7, 11) is 0. The van der Waals surface area contributed by atoms with Crippen molar-refractivity contribution in [3.63, 3.8) is 0 Å². The number of hydrogen-bond acceptors (Lipinski definition) is 6. The Balaban J connectivity index is 2.80. The molecule has 0 aliphatic carbocycles. The van der Waals surface area contributed by atoms with Crippen LogP contribution in [0, 0.1) is 5.92 Å². The smallest absolute Gasteiger partial charge is 0.326 e. The number of imidazole rings is 1. The largest absolute Gasteiger partial charge is 0.480 e. The van der Waals surface area contributed by atoms with Crippen LogP contribution in [0.2, 0.25) is 0 Å². The standard InChI is InChI=1S/C18H32N8O4/c1-10(2)6-14(17(29)30)26-16(28)13(4-3-5-23-18(20)21)25-15(27)12(19)7-11-8-22-9-24-11/h8-10,12-14H,3-7,19H2,1-2H3,(H,22,24)(H,25,27)(H,26,28)(H,29,30)(H4,20,21,23). The number of nitrogens with zero attached hydrogens (tertiary/aromatic N) is 2. The zero-order chi connectivity index (χ0) is 22.7. The lowest BCUT2D eigenvalue weighted by atomic mass is 10.0. The van der Waals surface area contributed by atoms with E-state index in [9.17, 15) is 19.5 Å². The van der Waals surface area contributed by atoms with Gasteiger partial charge in [0.05, 0.1) is 12.4 Å². The zero-order valence-electron chi connectivity index (χ0n) is 17.3. The number of aromatic amines is 1. The fourth-order valence-electron chi connectivity index (χ4n) is 2.74. The van der Waals surface area contributed by atoms with Crippen molar-refractivity contribution < 1.29 is 19.5 Å². The summed E-state index contributed by atoms with van der Waals surface area (Å²) in [5.41, 5.74) is 17.2. The van der Waals surface area contributed by atoms with E-state index in [0.717, 1.165) is 0 Å². The number of H-pyrrole nitrogens is 1. The number of rotatable bonds is 13. The van der Waals surface area contributed by atoms with Gasteiger partial charge in [-0.05, 0) is 25.2 Å². The zero-order valence-corrected chi connectivity index (χ0v) is 17.3. The number of carbonyl (C=O) groups excluding carboxylic acids is 2. The van der Waals surface area contributed by atoms with E-state index in [2.05, 4.69) is 25.6 Å². The number of aliphatic carboxylic acids is 1. The average molecular weight is 425 g/mol. The lowest BCUT2D eigenvalue weighted by Crippen LogP contribution is -2.55. The highest BCUT2D eigenvalue weighted by atomic mass is 16.4. The van der Waals surface area contributed by atoms with Gasteiger partial charge in [0, 0.05) is 24.9 Å². The van der Waals surface area contributed by atoms with Crippen molar-refractivity contribution in [2.75, 3.05) is 6.54 Å². The van der Waals surface area contributed by atoms with Crippen LogP contribution < -0.4 is 27.8 Å². The summed E-state index contributed by atoms with van der Waals surface area (Å²) < 4.78 is 0. The van der Waals surface area contributed by atoms with Crippen LogP contribution in [0.1, 0.15) is 38.8 Å². The van der Waals surface area contributed by atoms with Crippen LogP contribution in [-0.2, 0) is 20.8 Å². The van der Waals surface area contributed by atoms with E-state index < -0.39 is 35.9 Å². The van der Waals surface area contributed by atoms with Crippen molar-refractivity contribution in [1.29, 1.82) is 0 Å². The molecule has 12 nitrogen and oxygen atoms in total. The second-order valence-electron chi connectivity index (χ2n) is 7.43. The number of aliphatic imine (C=N–C) groups is 1. The average Bonchev–Trinajstić information content (AvgIpc) is 3.15. The molecule has 0 saturated carbocycles. The number of nitrogens with two attached hydrogens (primary N) is 3. The molecule has 12 heteroatoms. The second-order valence-corrected chi connectivity index (χ2v) is 7.43. The van der Waals surface area contributed by atoms with Gasteiger partial charge in [0.2, 0.25) is 11.8 Å². The molecule has 0 spiro atoms. The number of nitrogens with one attached hydrogen (secondary N) is 3. The summed E-state index contributed by atoms with van der Waals surface area (Å²) in [6, 6.07) is -2.95. The summed E-state index contributed by atoms with van der Waals surface area (Å²) >= 11 is 0. The molecule has 1 rings (SSSR count). The molecule has 0 saturated heterocycles. The van der Waals surface area contributed by atoms with Crippen LogP contribution in [0.5, 0.6) is 0 Å². The maximum atomic E-state index is 12.7. The Hall–Kier alpha value is -3.15. The van der Waals surface area contributed by atoms with Gasteiger partial charge in [0.15, 0.2) is 5.96 Å². The lowest BCUT2D eigenvalue weighted by molar-refractivity contribution is -0.142. The van der Waals surface area contributed by atoms with Gasteiger partial charge in [-0.15, -0.1) is 0 Å². The Morgan fingerprint density at radius 2 is 1.87 bits per heavy atom. The molecule has 0 radical (unpaired) electrons. The first kappa shape index (κ1) is 24.9. The maximum Gasteiger partial charge on any atom is 0.326 e. The highest BCUT2D eigenvalue weighted by Crippen LogP contribution is 2.07. The number of guanidine groups is 1. The first-order valence-corrected chi connectivity index (χ1v) is 9.71. The van der Waals surface area contributed by atoms with Gasteiger partial charge in [0.1, 0.15) is 12.1 Å². The monoisotopic (exact) mass is 424 g/mol. The van der Waals surface area contributed by atoms with Crippen LogP contribution in [0.25, 0.3) is 0 Å². The van der Waals surface area contributed by atoms with Gasteiger partial charge in [-0.3, -0.25) is 14.6 Å². The Kier molecular flexibility index (Phi) is 10.3. The molecule has 0 aliphatic rings. The SMILES string of the molecule is CC(C)CC(NC(=O)C(CCCN=C(N)N)NC(=O)C(N)Cc1cnc[nH]1)C(=O)O. The quantitative estimate of drug-likeness (QED) is 0.111. The number of carboxylic acid groups (broad SMARTS) is 1. The van der Waals surface area contributed by atoms with Gasteiger partial charge in [0.25, 0.3) is 0 Å². The molecule has 0 aliphatic heterocycles. The third kappa shape index (κ3) is 9.37. The Bertz CT molecular complexity index is 716. The first-order chi connectivity index (χ1) is 14.1. The van der Waals surface area contributed by atoms with Gasteiger partial charge >= 0.3 is 5.97 Å². The maximum absolute atomic E-state index is 12.7. The minimum absolute atomic E-state index is 0.0594. The van der Waals surface area contributed by atoms with Gasteiger partial charge in [-0.2, -0.15) is 0 Å². The number of amides is 2. The minimum atomic E-state index is -1.14. The number of hydrogen-bond donors (Lipinski definition) is 7. The molecule has 30 heavy (non-hydrogen) atoms. The van der Waals surface area contributed by atoms with E-state index in [1.807, 2.05) is 13.8 Å². The summed E-state index contributed by atoms with van der Waals surface area (Å²) in [4.78, 5) is 47.2. The van der Waals surface area contributed by atoms with Crippen molar-refractivity contribution in [2.24, 2.45) is 28.1 Å². The van der Waals surface area contributed by atoms with Gasteiger partial charge in [-0.1, -0.05) is 13.8 Å². The van der Waals surface area contributed by atoms with Gasteiger partial charge in [-0.25, -0.2) is 9.78 Å². The molecule has 3 atom stereocenters. The van der Waals surface area contributed by atoms with Crippen molar-refractivity contribution in [1.82, 2.24) is 20.6 Å². The summed E-state index contributed by atoms with van der Waals surface area (Å²) in [5, 5.41) is 14.5.